The third kappa shape index (κ3) is 4.70. The third-order valence-electron chi connectivity index (χ3n) is 3.90. The number of hydrogen-bond acceptors (Lipinski definition) is 7. The molecule has 25 heavy (non-hydrogen) atoms. The van der Waals surface area contributed by atoms with Crippen LogP contribution in [0.4, 0.5) is 5.82 Å². The Balaban J connectivity index is 1.66. The fourth-order valence-electron chi connectivity index (χ4n) is 2.55. The molecule has 0 radical (unpaired) electrons. The average Bonchev–Trinajstić information content (AvgIpc) is 2.66. The summed E-state index contributed by atoms with van der Waals surface area (Å²) in [5, 5.41) is 0.763. The standard InChI is InChI=1S/C18H21N3O3S/c1-13-11-16(21-7-9-24-10-8-21)20-18(19-13)25-12-14-3-5-15(6-4-14)17(22)23-2/h3-6,11H,7-10,12H2,1-2H3. The second-order valence-electron chi connectivity index (χ2n) is 5.73. The largest absolute Gasteiger partial charge is 0.465 e. The van der Waals surface area contributed by atoms with E-state index in [0.717, 1.165) is 54.3 Å². The smallest absolute Gasteiger partial charge is 0.337 e. The molecule has 7 heteroatoms. The average molecular weight is 359 g/mol. The van der Waals surface area contributed by atoms with Gasteiger partial charge in [-0.05, 0) is 24.6 Å². The molecule has 0 saturated carbocycles. The zero-order valence-electron chi connectivity index (χ0n) is 14.4. The Kier molecular flexibility index (Phi) is 5.88. The molecule has 3 rings (SSSR count). The maximum Gasteiger partial charge on any atom is 0.337 e. The number of ether oxygens (including phenoxy) is 2. The molecule has 0 bridgehead atoms. The van der Waals surface area contributed by atoms with Gasteiger partial charge in [0.25, 0.3) is 0 Å². The maximum atomic E-state index is 11.5. The Morgan fingerprint density at radius 2 is 1.96 bits per heavy atom. The second kappa shape index (κ2) is 8.31. The number of rotatable bonds is 5. The minimum absolute atomic E-state index is 0.323. The quantitative estimate of drug-likeness (QED) is 0.462. The van der Waals surface area contributed by atoms with Crippen LogP contribution in [0.25, 0.3) is 0 Å². The number of morpholine rings is 1. The molecule has 0 unspecified atom stereocenters. The summed E-state index contributed by atoms with van der Waals surface area (Å²) in [6.07, 6.45) is 0. The lowest BCUT2D eigenvalue weighted by molar-refractivity contribution is 0.0600. The number of esters is 1. The summed E-state index contributed by atoms with van der Waals surface area (Å²) in [5.74, 6) is 1.38. The van der Waals surface area contributed by atoms with Crippen LogP contribution >= 0.6 is 11.8 Å². The molecule has 132 valence electrons. The van der Waals surface area contributed by atoms with E-state index in [1.807, 2.05) is 25.1 Å². The number of methoxy groups -OCH3 is 1. The van der Waals surface area contributed by atoms with Crippen molar-refractivity contribution >= 4 is 23.5 Å². The minimum Gasteiger partial charge on any atom is -0.465 e. The van der Waals surface area contributed by atoms with Gasteiger partial charge in [0.1, 0.15) is 5.82 Å². The van der Waals surface area contributed by atoms with Gasteiger partial charge in [-0.1, -0.05) is 23.9 Å². The molecule has 0 aliphatic carbocycles. The van der Waals surface area contributed by atoms with Crippen molar-refractivity contribution in [1.82, 2.24) is 9.97 Å². The zero-order valence-corrected chi connectivity index (χ0v) is 15.2. The predicted molar refractivity (Wildman–Crippen MR) is 97.1 cm³/mol. The van der Waals surface area contributed by atoms with Gasteiger partial charge in [-0.3, -0.25) is 0 Å². The number of nitrogens with zero attached hydrogens (tertiary/aromatic N) is 3. The number of anilines is 1. The predicted octanol–water partition coefficient (Wildman–Crippen LogP) is 2.70. The summed E-state index contributed by atoms with van der Waals surface area (Å²) in [5.41, 5.74) is 2.62. The maximum absolute atomic E-state index is 11.5. The van der Waals surface area contributed by atoms with Gasteiger partial charge in [0.15, 0.2) is 5.16 Å². The van der Waals surface area contributed by atoms with E-state index in [2.05, 4.69) is 14.9 Å². The molecule has 0 amide bonds. The topological polar surface area (TPSA) is 64.5 Å². The van der Waals surface area contributed by atoms with Crippen molar-refractivity contribution in [2.24, 2.45) is 0 Å². The highest BCUT2D eigenvalue weighted by Crippen LogP contribution is 2.23. The van der Waals surface area contributed by atoms with Crippen LogP contribution in [0.1, 0.15) is 21.6 Å². The first-order valence-electron chi connectivity index (χ1n) is 8.14. The van der Waals surface area contributed by atoms with Gasteiger partial charge in [0.2, 0.25) is 0 Å². The molecule has 1 aromatic carbocycles. The van der Waals surface area contributed by atoms with Crippen LogP contribution in [-0.2, 0) is 15.2 Å². The van der Waals surface area contributed by atoms with Crippen molar-refractivity contribution in [2.75, 3.05) is 38.3 Å². The summed E-state index contributed by atoms with van der Waals surface area (Å²) < 4.78 is 10.1. The van der Waals surface area contributed by atoms with E-state index in [4.69, 9.17) is 9.47 Å². The van der Waals surface area contributed by atoms with Gasteiger partial charge < -0.3 is 14.4 Å². The Labute approximate surface area is 151 Å². The van der Waals surface area contributed by atoms with Gasteiger partial charge in [-0.25, -0.2) is 14.8 Å². The van der Waals surface area contributed by atoms with Gasteiger partial charge >= 0.3 is 5.97 Å². The van der Waals surface area contributed by atoms with E-state index < -0.39 is 0 Å². The summed E-state index contributed by atoms with van der Waals surface area (Å²) >= 11 is 1.59. The lowest BCUT2D eigenvalue weighted by Gasteiger charge is -2.28. The monoisotopic (exact) mass is 359 g/mol. The number of aryl methyl sites for hydroxylation is 1. The highest BCUT2D eigenvalue weighted by atomic mass is 32.2. The number of aromatic nitrogens is 2. The molecular formula is C18H21N3O3S. The van der Waals surface area contributed by atoms with E-state index >= 15 is 0 Å². The number of carbonyl (C=O) groups is 1. The molecule has 2 heterocycles. The highest BCUT2D eigenvalue weighted by molar-refractivity contribution is 7.98. The fraction of sp³-hybridized carbons (Fsp3) is 0.389. The first-order chi connectivity index (χ1) is 12.2. The Morgan fingerprint density at radius 1 is 1.24 bits per heavy atom. The summed E-state index contributed by atoms with van der Waals surface area (Å²) in [4.78, 5) is 22.9. The van der Waals surface area contributed by atoms with Crippen LogP contribution in [-0.4, -0.2) is 49.4 Å². The molecule has 6 nitrogen and oxygen atoms in total. The van der Waals surface area contributed by atoms with Crippen LogP contribution in [0.5, 0.6) is 0 Å². The molecule has 1 aliphatic heterocycles. The fourth-order valence-corrected chi connectivity index (χ4v) is 3.40. The zero-order chi connectivity index (χ0) is 17.6. The lowest BCUT2D eigenvalue weighted by Crippen LogP contribution is -2.36. The first kappa shape index (κ1) is 17.7. The van der Waals surface area contributed by atoms with Gasteiger partial charge in [-0.15, -0.1) is 0 Å². The summed E-state index contributed by atoms with van der Waals surface area (Å²) in [7, 11) is 1.38. The van der Waals surface area contributed by atoms with Crippen LogP contribution in [0.3, 0.4) is 0 Å². The highest BCUT2D eigenvalue weighted by Gasteiger charge is 2.14. The van der Waals surface area contributed by atoms with E-state index in [-0.39, 0.29) is 5.97 Å². The third-order valence-corrected chi connectivity index (χ3v) is 4.82. The van der Waals surface area contributed by atoms with Gasteiger partial charge in [-0.2, -0.15) is 0 Å². The Morgan fingerprint density at radius 3 is 2.64 bits per heavy atom. The molecule has 1 saturated heterocycles. The number of thioether (sulfide) groups is 1. The lowest BCUT2D eigenvalue weighted by atomic mass is 10.1. The normalized spacial score (nSPS) is 14.4. The van der Waals surface area contributed by atoms with E-state index in [0.29, 0.717) is 5.56 Å². The SMILES string of the molecule is COC(=O)c1ccc(CSc2nc(C)cc(N3CCOCC3)n2)cc1. The first-order valence-corrected chi connectivity index (χ1v) is 9.13. The van der Waals surface area contributed by atoms with Crippen molar-refractivity contribution in [1.29, 1.82) is 0 Å². The molecule has 0 spiro atoms. The van der Waals surface area contributed by atoms with Crippen molar-refractivity contribution in [2.45, 2.75) is 17.8 Å². The van der Waals surface area contributed by atoms with Crippen LogP contribution < -0.4 is 4.90 Å². The summed E-state index contributed by atoms with van der Waals surface area (Å²) in [6.45, 7) is 5.17. The van der Waals surface area contributed by atoms with Gasteiger partial charge in [0, 0.05) is 30.6 Å². The van der Waals surface area contributed by atoms with Crippen molar-refractivity contribution in [3.05, 3.63) is 47.2 Å². The Hall–Kier alpha value is -2.12. The molecule has 1 aromatic heterocycles. The number of benzene rings is 1. The number of hydrogen-bond donors (Lipinski definition) is 0. The molecule has 0 atom stereocenters. The molecule has 2 aromatic rings. The molecule has 0 N–H and O–H groups in total. The van der Waals surface area contributed by atoms with Crippen LogP contribution in [0.15, 0.2) is 35.5 Å². The molecular weight excluding hydrogens is 338 g/mol. The van der Waals surface area contributed by atoms with Gasteiger partial charge in [0.05, 0.1) is 25.9 Å². The number of carbonyl (C=O) groups excluding carboxylic acids is 1. The Bertz CT molecular complexity index is 731. The van der Waals surface area contributed by atoms with Crippen LogP contribution in [0, 0.1) is 6.92 Å². The van der Waals surface area contributed by atoms with E-state index in [9.17, 15) is 4.79 Å². The minimum atomic E-state index is -0.323. The second-order valence-corrected chi connectivity index (χ2v) is 6.67. The van der Waals surface area contributed by atoms with E-state index in [1.54, 1.807) is 23.9 Å². The molecule has 1 aliphatic rings. The van der Waals surface area contributed by atoms with E-state index in [1.165, 1.54) is 7.11 Å². The van der Waals surface area contributed by atoms with Crippen molar-refractivity contribution in [3.63, 3.8) is 0 Å². The van der Waals surface area contributed by atoms with Crippen LogP contribution in [0.2, 0.25) is 0 Å². The molecule has 1 fully saturated rings. The summed E-state index contributed by atoms with van der Waals surface area (Å²) in [6, 6.07) is 9.42. The van der Waals surface area contributed by atoms with Crippen molar-refractivity contribution in [3.8, 4) is 0 Å². The van der Waals surface area contributed by atoms with Crippen molar-refractivity contribution < 1.29 is 14.3 Å².